The van der Waals surface area contributed by atoms with Crippen LogP contribution in [0, 0.1) is 5.92 Å². The molecule has 27 heavy (non-hydrogen) atoms. The van der Waals surface area contributed by atoms with Gasteiger partial charge in [-0.1, -0.05) is 0 Å². The highest BCUT2D eigenvalue weighted by Crippen LogP contribution is 2.20. The van der Waals surface area contributed by atoms with E-state index in [1.807, 2.05) is 0 Å². The van der Waals surface area contributed by atoms with Gasteiger partial charge in [0.2, 0.25) is 5.91 Å². The molecule has 1 aromatic heterocycles. The van der Waals surface area contributed by atoms with Crippen molar-refractivity contribution in [3.63, 3.8) is 0 Å². The number of benzene rings is 1. The molecule has 3 rings (SSSR count). The largest absolute Gasteiger partial charge is 0.462 e. The summed E-state index contributed by atoms with van der Waals surface area (Å²) in [5.74, 6) is 0.305. The molecule has 1 fully saturated rings. The fourth-order valence-electron chi connectivity index (χ4n) is 2.80. The predicted octanol–water partition coefficient (Wildman–Crippen LogP) is 3.37. The Morgan fingerprint density at radius 3 is 2.44 bits per heavy atom. The molecule has 7 heteroatoms. The maximum atomic E-state index is 12.2. The second-order valence-corrected chi connectivity index (χ2v) is 6.23. The van der Waals surface area contributed by atoms with Crippen molar-refractivity contribution in [3.05, 3.63) is 48.2 Å². The van der Waals surface area contributed by atoms with E-state index in [4.69, 9.17) is 9.47 Å². The van der Waals surface area contributed by atoms with E-state index in [9.17, 15) is 9.59 Å². The van der Waals surface area contributed by atoms with Crippen LogP contribution in [0.25, 0.3) is 0 Å². The lowest BCUT2D eigenvalue weighted by molar-refractivity contribution is -0.122. The van der Waals surface area contributed by atoms with Crippen molar-refractivity contribution in [2.24, 2.45) is 5.92 Å². The first-order chi connectivity index (χ1) is 13.2. The van der Waals surface area contributed by atoms with E-state index >= 15 is 0 Å². The molecule has 1 aromatic carbocycles. The molecule has 2 heterocycles. The van der Waals surface area contributed by atoms with Crippen LogP contribution in [0.1, 0.15) is 30.1 Å². The van der Waals surface area contributed by atoms with Gasteiger partial charge in [0.05, 0.1) is 24.1 Å². The van der Waals surface area contributed by atoms with Crippen molar-refractivity contribution < 1.29 is 19.1 Å². The Bertz CT molecular complexity index is 769. The predicted molar refractivity (Wildman–Crippen MR) is 102 cm³/mol. The SMILES string of the molecule is CCOC(=O)c1ccc(Nc2ccc(NC(=O)C3CCOCC3)cn2)cc1. The molecule has 142 valence electrons. The quantitative estimate of drug-likeness (QED) is 0.759. The first kappa shape index (κ1) is 18.8. The van der Waals surface area contributed by atoms with Gasteiger partial charge in [-0.15, -0.1) is 0 Å². The summed E-state index contributed by atoms with van der Waals surface area (Å²) < 4.78 is 10.2. The molecular formula is C20H23N3O4. The Kier molecular flexibility index (Phi) is 6.38. The normalized spacial score (nSPS) is 14.4. The van der Waals surface area contributed by atoms with E-state index in [1.54, 1.807) is 49.5 Å². The minimum Gasteiger partial charge on any atom is -0.462 e. The standard InChI is InChI=1S/C20H23N3O4/c1-2-27-20(25)15-3-5-16(6-4-15)22-18-8-7-17(13-21-18)23-19(24)14-9-11-26-12-10-14/h3-8,13-14H,2,9-12H2,1H3,(H,21,22)(H,23,24). The average Bonchev–Trinajstić information content (AvgIpc) is 2.71. The summed E-state index contributed by atoms with van der Waals surface area (Å²) in [7, 11) is 0. The number of hydrogen-bond donors (Lipinski definition) is 2. The summed E-state index contributed by atoms with van der Waals surface area (Å²) in [5, 5.41) is 6.05. The Morgan fingerprint density at radius 1 is 1.11 bits per heavy atom. The number of ether oxygens (including phenoxy) is 2. The molecule has 2 aromatic rings. The van der Waals surface area contributed by atoms with Crippen molar-refractivity contribution in [1.82, 2.24) is 4.98 Å². The Hall–Kier alpha value is -2.93. The number of hydrogen-bond acceptors (Lipinski definition) is 6. The van der Waals surface area contributed by atoms with Crippen LogP contribution in [0.4, 0.5) is 17.2 Å². The van der Waals surface area contributed by atoms with Gasteiger partial charge in [0, 0.05) is 24.8 Å². The summed E-state index contributed by atoms with van der Waals surface area (Å²) in [6.07, 6.45) is 3.12. The van der Waals surface area contributed by atoms with Crippen molar-refractivity contribution in [2.45, 2.75) is 19.8 Å². The molecule has 0 radical (unpaired) electrons. The van der Waals surface area contributed by atoms with Gasteiger partial charge in [-0.2, -0.15) is 0 Å². The number of carbonyl (C=O) groups is 2. The Morgan fingerprint density at radius 2 is 1.81 bits per heavy atom. The minimum absolute atomic E-state index is 0.00513. The van der Waals surface area contributed by atoms with E-state index < -0.39 is 0 Å². The number of amides is 1. The molecule has 0 bridgehead atoms. The maximum Gasteiger partial charge on any atom is 0.338 e. The maximum absolute atomic E-state index is 12.2. The smallest absolute Gasteiger partial charge is 0.338 e. The highest BCUT2D eigenvalue weighted by atomic mass is 16.5. The molecule has 1 amide bonds. The third kappa shape index (κ3) is 5.27. The zero-order valence-electron chi connectivity index (χ0n) is 15.2. The minimum atomic E-state index is -0.341. The van der Waals surface area contributed by atoms with Crippen LogP contribution < -0.4 is 10.6 Å². The van der Waals surface area contributed by atoms with E-state index in [0.717, 1.165) is 18.5 Å². The van der Waals surface area contributed by atoms with E-state index in [2.05, 4.69) is 15.6 Å². The summed E-state index contributed by atoms with van der Waals surface area (Å²) in [6.45, 7) is 3.39. The molecular weight excluding hydrogens is 346 g/mol. The number of anilines is 3. The molecule has 7 nitrogen and oxygen atoms in total. The van der Waals surface area contributed by atoms with Crippen LogP contribution in [0.3, 0.4) is 0 Å². The highest BCUT2D eigenvalue weighted by molar-refractivity contribution is 5.92. The molecule has 1 saturated heterocycles. The Balaban J connectivity index is 1.55. The summed E-state index contributed by atoms with van der Waals surface area (Å²) >= 11 is 0. The monoisotopic (exact) mass is 369 g/mol. The van der Waals surface area contributed by atoms with Crippen LogP contribution in [0.15, 0.2) is 42.6 Å². The fraction of sp³-hybridized carbons (Fsp3) is 0.350. The van der Waals surface area contributed by atoms with Crippen LogP contribution >= 0.6 is 0 Å². The highest BCUT2D eigenvalue weighted by Gasteiger charge is 2.21. The molecule has 0 unspecified atom stereocenters. The van der Waals surface area contributed by atoms with Crippen molar-refractivity contribution in [2.75, 3.05) is 30.5 Å². The molecule has 1 aliphatic rings. The van der Waals surface area contributed by atoms with Crippen LogP contribution in [-0.2, 0) is 14.3 Å². The summed E-state index contributed by atoms with van der Waals surface area (Å²) in [4.78, 5) is 28.2. The van der Waals surface area contributed by atoms with Crippen LogP contribution in [0.2, 0.25) is 0 Å². The summed E-state index contributed by atoms with van der Waals surface area (Å²) in [6, 6.07) is 10.6. The van der Waals surface area contributed by atoms with Crippen molar-refractivity contribution in [3.8, 4) is 0 Å². The molecule has 0 saturated carbocycles. The number of nitrogens with zero attached hydrogens (tertiary/aromatic N) is 1. The molecule has 1 aliphatic heterocycles. The summed E-state index contributed by atoms with van der Waals surface area (Å²) in [5.41, 5.74) is 1.96. The number of pyridine rings is 1. The lowest BCUT2D eigenvalue weighted by Gasteiger charge is -2.21. The van der Waals surface area contributed by atoms with Crippen molar-refractivity contribution >= 4 is 29.1 Å². The average molecular weight is 369 g/mol. The second-order valence-electron chi connectivity index (χ2n) is 6.23. The van der Waals surface area contributed by atoms with Crippen LogP contribution in [0.5, 0.6) is 0 Å². The van der Waals surface area contributed by atoms with Gasteiger partial charge in [0.25, 0.3) is 0 Å². The third-order valence-electron chi connectivity index (χ3n) is 4.29. The number of aromatic nitrogens is 1. The van der Waals surface area contributed by atoms with Crippen molar-refractivity contribution in [1.29, 1.82) is 0 Å². The van der Waals surface area contributed by atoms with Gasteiger partial charge in [-0.25, -0.2) is 9.78 Å². The van der Waals surface area contributed by atoms with Gasteiger partial charge in [-0.3, -0.25) is 4.79 Å². The van der Waals surface area contributed by atoms with E-state index in [-0.39, 0.29) is 17.8 Å². The number of esters is 1. The van der Waals surface area contributed by atoms with Gasteiger partial charge in [0.15, 0.2) is 0 Å². The van der Waals surface area contributed by atoms with Gasteiger partial charge in [0.1, 0.15) is 5.82 Å². The topological polar surface area (TPSA) is 89.6 Å². The Labute approximate surface area is 158 Å². The lowest BCUT2D eigenvalue weighted by Crippen LogP contribution is -2.28. The number of carbonyl (C=O) groups excluding carboxylic acids is 2. The molecule has 0 aliphatic carbocycles. The molecule has 0 atom stereocenters. The van der Waals surface area contributed by atoms with Gasteiger partial charge < -0.3 is 20.1 Å². The zero-order chi connectivity index (χ0) is 19.1. The second kappa shape index (κ2) is 9.14. The number of nitrogens with one attached hydrogen (secondary N) is 2. The van der Waals surface area contributed by atoms with Gasteiger partial charge >= 0.3 is 5.97 Å². The van der Waals surface area contributed by atoms with E-state index in [1.165, 1.54) is 0 Å². The molecule has 0 spiro atoms. The molecule has 2 N–H and O–H groups in total. The van der Waals surface area contributed by atoms with Gasteiger partial charge in [-0.05, 0) is 56.2 Å². The van der Waals surface area contributed by atoms with Crippen LogP contribution in [-0.4, -0.2) is 36.7 Å². The zero-order valence-corrected chi connectivity index (χ0v) is 15.2. The first-order valence-electron chi connectivity index (χ1n) is 9.04. The number of rotatable bonds is 6. The third-order valence-corrected chi connectivity index (χ3v) is 4.29. The first-order valence-corrected chi connectivity index (χ1v) is 9.04. The lowest BCUT2D eigenvalue weighted by atomic mass is 9.99. The van der Waals surface area contributed by atoms with E-state index in [0.29, 0.717) is 36.9 Å². The fourth-order valence-corrected chi connectivity index (χ4v) is 2.80.